The molecule has 0 aliphatic rings. The van der Waals surface area contributed by atoms with Gasteiger partial charge in [0.1, 0.15) is 4.88 Å². The van der Waals surface area contributed by atoms with Crippen LogP contribution in [0.1, 0.15) is 28.0 Å². The summed E-state index contributed by atoms with van der Waals surface area (Å²) in [6, 6.07) is 0. The van der Waals surface area contributed by atoms with E-state index < -0.39 is 0 Å². The Hall–Kier alpha value is -0.940. The minimum atomic E-state index is -0.269. The monoisotopic (exact) mass is 185 g/mol. The van der Waals surface area contributed by atoms with Crippen LogP contribution in [0.5, 0.6) is 0 Å². The van der Waals surface area contributed by atoms with Crippen LogP contribution in [0.3, 0.4) is 0 Å². The molecule has 4 nitrogen and oxygen atoms in total. The zero-order chi connectivity index (χ0) is 8.97. The van der Waals surface area contributed by atoms with E-state index in [2.05, 4.69) is 17.3 Å². The molecule has 5 heteroatoms. The van der Waals surface area contributed by atoms with E-state index in [0.29, 0.717) is 4.88 Å². The quantitative estimate of drug-likeness (QED) is 0.414. The van der Waals surface area contributed by atoms with Crippen molar-refractivity contribution in [2.75, 3.05) is 0 Å². The van der Waals surface area contributed by atoms with Gasteiger partial charge >= 0.3 is 0 Å². The van der Waals surface area contributed by atoms with Crippen LogP contribution in [0.4, 0.5) is 0 Å². The molecule has 0 aliphatic heterocycles. The molecule has 0 unspecified atom stereocenters. The second-order valence-corrected chi connectivity index (χ2v) is 3.46. The normalized spacial score (nSPS) is 9.83. The number of nitrogens with zero attached hydrogens (tertiary/aromatic N) is 1. The summed E-state index contributed by atoms with van der Waals surface area (Å²) in [6.07, 6.45) is 3.51. The highest BCUT2D eigenvalue weighted by atomic mass is 32.1. The number of carbonyl (C=O) groups excluding carboxylic acids is 1. The van der Waals surface area contributed by atoms with Gasteiger partial charge in [0.15, 0.2) is 0 Å². The van der Waals surface area contributed by atoms with Crippen LogP contribution in [-0.2, 0) is 6.42 Å². The Morgan fingerprint density at radius 3 is 3.17 bits per heavy atom. The van der Waals surface area contributed by atoms with Gasteiger partial charge in [-0.05, 0) is 12.8 Å². The average Bonchev–Trinajstić information content (AvgIpc) is 2.52. The Bertz CT molecular complexity index is 271. The van der Waals surface area contributed by atoms with Crippen LogP contribution in [0, 0.1) is 0 Å². The van der Waals surface area contributed by atoms with E-state index in [9.17, 15) is 4.79 Å². The van der Waals surface area contributed by atoms with Crippen LogP contribution in [0.15, 0.2) is 6.20 Å². The Morgan fingerprint density at radius 1 is 1.83 bits per heavy atom. The van der Waals surface area contributed by atoms with Crippen molar-refractivity contribution in [3.8, 4) is 0 Å². The Balaban J connectivity index is 2.70. The second kappa shape index (κ2) is 4.18. The van der Waals surface area contributed by atoms with E-state index in [1.54, 1.807) is 6.20 Å². The molecule has 0 spiro atoms. The van der Waals surface area contributed by atoms with Crippen molar-refractivity contribution in [1.29, 1.82) is 0 Å². The van der Waals surface area contributed by atoms with Crippen molar-refractivity contribution in [3.05, 3.63) is 16.1 Å². The van der Waals surface area contributed by atoms with Crippen LogP contribution in [0.25, 0.3) is 0 Å². The molecular formula is C7H11N3OS. The highest BCUT2D eigenvalue weighted by Crippen LogP contribution is 2.13. The van der Waals surface area contributed by atoms with Gasteiger partial charge in [-0.2, -0.15) is 0 Å². The number of hydrazine groups is 1. The number of carbonyl (C=O) groups is 1. The van der Waals surface area contributed by atoms with E-state index in [0.717, 1.165) is 17.8 Å². The van der Waals surface area contributed by atoms with Crippen LogP contribution in [0.2, 0.25) is 0 Å². The van der Waals surface area contributed by atoms with Crippen molar-refractivity contribution in [3.63, 3.8) is 0 Å². The van der Waals surface area contributed by atoms with Crippen molar-refractivity contribution in [1.82, 2.24) is 10.4 Å². The molecule has 0 radical (unpaired) electrons. The van der Waals surface area contributed by atoms with Gasteiger partial charge < -0.3 is 0 Å². The fraction of sp³-hybridized carbons (Fsp3) is 0.429. The fourth-order valence-corrected chi connectivity index (χ4v) is 1.74. The lowest BCUT2D eigenvalue weighted by molar-refractivity contribution is 0.0957. The Labute approximate surface area is 74.8 Å². The third-order valence-electron chi connectivity index (χ3n) is 1.37. The van der Waals surface area contributed by atoms with Gasteiger partial charge in [-0.1, -0.05) is 6.92 Å². The first-order valence-corrected chi connectivity index (χ1v) is 4.55. The number of aromatic nitrogens is 1. The number of amides is 1. The zero-order valence-electron chi connectivity index (χ0n) is 6.83. The standard InChI is InChI=1S/C7H11N3OS/c1-2-3-6-9-4-5(12-6)7(11)10-8/h4H,2-3,8H2,1H3,(H,10,11). The van der Waals surface area contributed by atoms with Gasteiger partial charge in [0.05, 0.1) is 11.2 Å². The molecule has 0 aliphatic carbocycles. The lowest BCUT2D eigenvalue weighted by atomic mass is 10.4. The molecule has 0 fully saturated rings. The number of nitrogens with one attached hydrogen (secondary N) is 1. The molecular weight excluding hydrogens is 174 g/mol. The molecule has 1 heterocycles. The Kier molecular flexibility index (Phi) is 3.19. The van der Waals surface area contributed by atoms with E-state index in [-0.39, 0.29) is 5.91 Å². The summed E-state index contributed by atoms with van der Waals surface area (Å²) in [5.41, 5.74) is 2.07. The maximum atomic E-state index is 11.0. The molecule has 1 rings (SSSR count). The molecule has 0 saturated carbocycles. The molecule has 0 aromatic carbocycles. The van der Waals surface area contributed by atoms with Gasteiger partial charge in [-0.3, -0.25) is 10.2 Å². The highest BCUT2D eigenvalue weighted by Gasteiger charge is 2.07. The molecule has 1 aromatic rings. The topological polar surface area (TPSA) is 68.0 Å². The smallest absolute Gasteiger partial charge is 0.276 e. The first-order chi connectivity index (χ1) is 5.77. The van der Waals surface area contributed by atoms with Crippen LogP contribution in [-0.4, -0.2) is 10.9 Å². The van der Waals surface area contributed by atoms with Crippen molar-refractivity contribution in [2.45, 2.75) is 19.8 Å². The highest BCUT2D eigenvalue weighted by molar-refractivity contribution is 7.13. The summed E-state index contributed by atoms with van der Waals surface area (Å²) in [4.78, 5) is 15.6. The van der Waals surface area contributed by atoms with Crippen LogP contribution >= 0.6 is 11.3 Å². The molecule has 0 saturated heterocycles. The van der Waals surface area contributed by atoms with E-state index in [1.807, 2.05) is 0 Å². The summed E-state index contributed by atoms with van der Waals surface area (Å²) in [5.74, 6) is 4.70. The molecule has 0 atom stereocenters. The van der Waals surface area contributed by atoms with E-state index >= 15 is 0 Å². The molecule has 12 heavy (non-hydrogen) atoms. The fourth-order valence-electron chi connectivity index (χ4n) is 0.816. The third-order valence-corrected chi connectivity index (χ3v) is 2.43. The molecule has 0 bridgehead atoms. The zero-order valence-corrected chi connectivity index (χ0v) is 7.65. The van der Waals surface area contributed by atoms with Gasteiger partial charge in [0, 0.05) is 0 Å². The molecule has 1 aromatic heterocycles. The molecule has 3 N–H and O–H groups in total. The predicted octanol–water partition coefficient (Wildman–Crippen LogP) is 0.699. The largest absolute Gasteiger partial charge is 0.289 e. The Morgan fingerprint density at radius 2 is 2.58 bits per heavy atom. The maximum Gasteiger partial charge on any atom is 0.276 e. The van der Waals surface area contributed by atoms with Crippen molar-refractivity contribution < 1.29 is 4.79 Å². The molecule has 66 valence electrons. The maximum absolute atomic E-state index is 11.0. The summed E-state index contributed by atoms with van der Waals surface area (Å²) in [5, 5.41) is 0.983. The van der Waals surface area contributed by atoms with E-state index in [4.69, 9.17) is 5.84 Å². The lowest BCUT2D eigenvalue weighted by Gasteiger charge is -1.91. The minimum absolute atomic E-state index is 0.269. The predicted molar refractivity (Wildman–Crippen MR) is 47.8 cm³/mol. The third kappa shape index (κ3) is 2.02. The lowest BCUT2D eigenvalue weighted by Crippen LogP contribution is -2.29. The van der Waals surface area contributed by atoms with Gasteiger partial charge in [-0.15, -0.1) is 11.3 Å². The number of hydrogen-bond acceptors (Lipinski definition) is 4. The number of hydrogen-bond donors (Lipinski definition) is 2. The minimum Gasteiger partial charge on any atom is -0.289 e. The number of rotatable bonds is 3. The second-order valence-electron chi connectivity index (χ2n) is 2.34. The number of thiazole rings is 1. The number of aryl methyl sites for hydroxylation is 1. The van der Waals surface area contributed by atoms with Gasteiger partial charge in [-0.25, -0.2) is 10.8 Å². The van der Waals surface area contributed by atoms with E-state index in [1.165, 1.54) is 11.3 Å². The SMILES string of the molecule is CCCc1ncc(C(=O)NN)s1. The first-order valence-electron chi connectivity index (χ1n) is 3.73. The number of nitrogens with two attached hydrogens (primary N) is 1. The van der Waals surface area contributed by atoms with Gasteiger partial charge in [0.2, 0.25) is 0 Å². The summed E-state index contributed by atoms with van der Waals surface area (Å²) >= 11 is 1.39. The van der Waals surface area contributed by atoms with Crippen LogP contribution < -0.4 is 11.3 Å². The summed E-state index contributed by atoms with van der Waals surface area (Å²) in [6.45, 7) is 2.07. The summed E-state index contributed by atoms with van der Waals surface area (Å²) in [7, 11) is 0. The first kappa shape index (κ1) is 9.15. The number of nitrogen functional groups attached to an aromatic ring is 1. The van der Waals surface area contributed by atoms with Crippen molar-refractivity contribution in [2.24, 2.45) is 5.84 Å². The molecule has 1 amide bonds. The average molecular weight is 185 g/mol. The summed E-state index contributed by atoms with van der Waals surface area (Å²) < 4.78 is 0. The van der Waals surface area contributed by atoms with Gasteiger partial charge in [0.25, 0.3) is 5.91 Å². The van der Waals surface area contributed by atoms with Crippen molar-refractivity contribution >= 4 is 17.2 Å².